The normalized spacial score (nSPS) is 47.6. The Hall–Kier alpha value is 0.399. The van der Waals surface area contributed by atoms with Crippen molar-refractivity contribution < 1.29 is 15.3 Å². The van der Waals surface area contributed by atoms with E-state index in [1.807, 2.05) is 0 Å². The summed E-state index contributed by atoms with van der Waals surface area (Å²) in [5, 5.41) is 26.3. The summed E-state index contributed by atoms with van der Waals surface area (Å²) in [4.78, 5) is 0. The molecule has 3 nitrogen and oxygen atoms in total. The molecule has 0 aromatic carbocycles. The number of aliphatic hydroxyl groups excluding tert-OH is 3. The fraction of sp³-hybridized carbons (Fsp3) is 1.00. The minimum atomic E-state index is -0.880. The van der Waals surface area contributed by atoms with Crippen molar-refractivity contribution in [1.29, 1.82) is 0 Å². The van der Waals surface area contributed by atoms with Crippen LogP contribution in [0.5, 0.6) is 0 Å². The molecule has 0 saturated carbocycles. The Balaban J connectivity index is 2.44. The van der Waals surface area contributed by atoms with Crippen molar-refractivity contribution >= 4 is 15.0 Å². The molecule has 0 aromatic rings. The summed E-state index contributed by atoms with van der Waals surface area (Å²) in [6.45, 7) is 0. The van der Waals surface area contributed by atoms with E-state index in [-0.39, 0.29) is 15.0 Å². The maximum atomic E-state index is 8.79. The van der Waals surface area contributed by atoms with Crippen molar-refractivity contribution in [3.05, 3.63) is 0 Å². The molecule has 0 amide bonds. The first-order chi connectivity index (χ1) is 3.72. The Morgan fingerprint density at radius 2 is 1.88 bits per heavy atom. The van der Waals surface area contributed by atoms with Crippen molar-refractivity contribution in [2.45, 2.75) is 22.5 Å². The van der Waals surface area contributed by atoms with Crippen LogP contribution in [0.4, 0.5) is 0 Å². The summed E-state index contributed by atoms with van der Waals surface area (Å²) in [5.41, 5.74) is 0. The second kappa shape index (κ2) is 2.33. The van der Waals surface area contributed by atoms with E-state index in [2.05, 4.69) is 0 Å². The van der Waals surface area contributed by atoms with E-state index < -0.39 is 17.2 Å². The third-order valence-electron chi connectivity index (χ3n) is 1.12. The molecule has 3 N–H and O–H groups in total. The van der Waals surface area contributed by atoms with Crippen LogP contribution in [0.2, 0.25) is 5.32 Å². The standard InChI is InChI=1S/C4H8O3Se/c5-2-1-8-4(7)3(2)6/h2-7H,1H2. The molecular weight excluding hydrogens is 175 g/mol. The molecule has 8 heavy (non-hydrogen) atoms. The molecule has 4 heteroatoms. The zero-order valence-electron chi connectivity index (χ0n) is 4.19. The van der Waals surface area contributed by atoms with Crippen LogP contribution in [0, 0.1) is 0 Å². The van der Waals surface area contributed by atoms with Crippen molar-refractivity contribution in [3.8, 4) is 0 Å². The number of hydrogen-bond acceptors (Lipinski definition) is 3. The van der Waals surface area contributed by atoms with Gasteiger partial charge < -0.3 is 0 Å². The molecule has 0 bridgehead atoms. The summed E-state index contributed by atoms with van der Waals surface area (Å²) < 4.78 is 0. The van der Waals surface area contributed by atoms with Gasteiger partial charge >= 0.3 is 52.8 Å². The molecule has 3 atom stereocenters. The van der Waals surface area contributed by atoms with E-state index in [1.54, 1.807) is 0 Å². The Labute approximate surface area is 53.5 Å². The Kier molecular flexibility index (Phi) is 1.90. The topological polar surface area (TPSA) is 60.7 Å². The molecule has 48 valence electrons. The second-order valence-corrected chi connectivity index (χ2v) is 4.19. The maximum absolute atomic E-state index is 8.79. The van der Waals surface area contributed by atoms with Crippen LogP contribution in [0.25, 0.3) is 0 Å². The van der Waals surface area contributed by atoms with Crippen LogP contribution in [0.3, 0.4) is 0 Å². The average molecular weight is 183 g/mol. The Morgan fingerprint density at radius 1 is 1.25 bits per heavy atom. The fourth-order valence-electron chi connectivity index (χ4n) is 0.584. The van der Waals surface area contributed by atoms with Crippen molar-refractivity contribution in [1.82, 2.24) is 0 Å². The van der Waals surface area contributed by atoms with E-state index in [0.29, 0.717) is 5.32 Å². The van der Waals surface area contributed by atoms with Gasteiger partial charge in [-0.15, -0.1) is 0 Å². The van der Waals surface area contributed by atoms with Crippen molar-refractivity contribution in [2.24, 2.45) is 0 Å². The Bertz CT molecular complexity index is 77.4. The summed E-state index contributed by atoms with van der Waals surface area (Å²) in [6.07, 6.45) is -1.56. The van der Waals surface area contributed by atoms with Crippen LogP contribution < -0.4 is 0 Å². The predicted octanol–water partition coefficient (Wildman–Crippen LogP) is -1.84. The average Bonchev–Trinajstić information content (AvgIpc) is 1.98. The molecule has 1 fully saturated rings. The first-order valence-corrected chi connectivity index (χ1v) is 4.57. The van der Waals surface area contributed by atoms with Gasteiger partial charge in [0, 0.05) is 0 Å². The summed E-state index contributed by atoms with van der Waals surface area (Å²) >= 11 is 0.0266. The molecule has 0 spiro atoms. The van der Waals surface area contributed by atoms with Gasteiger partial charge in [-0.2, -0.15) is 0 Å². The summed E-state index contributed by atoms with van der Waals surface area (Å²) in [7, 11) is 0. The van der Waals surface area contributed by atoms with Gasteiger partial charge in [-0.05, 0) is 0 Å². The molecule has 1 heterocycles. The molecule has 1 aliphatic rings. The SMILES string of the molecule is OC1C[Se]C(O)C1O. The van der Waals surface area contributed by atoms with Gasteiger partial charge in [-0.3, -0.25) is 0 Å². The van der Waals surface area contributed by atoms with E-state index >= 15 is 0 Å². The van der Waals surface area contributed by atoms with Gasteiger partial charge in [0.2, 0.25) is 0 Å². The molecular formula is C4H8O3Se. The van der Waals surface area contributed by atoms with Crippen molar-refractivity contribution in [2.75, 3.05) is 0 Å². The molecule has 0 radical (unpaired) electrons. The van der Waals surface area contributed by atoms with E-state index in [0.717, 1.165) is 0 Å². The molecule has 0 aliphatic carbocycles. The second-order valence-electron chi connectivity index (χ2n) is 1.78. The van der Waals surface area contributed by atoms with Crippen LogP contribution in [0.15, 0.2) is 0 Å². The van der Waals surface area contributed by atoms with Crippen molar-refractivity contribution in [3.63, 3.8) is 0 Å². The van der Waals surface area contributed by atoms with E-state index in [4.69, 9.17) is 15.3 Å². The quantitative estimate of drug-likeness (QED) is 0.387. The van der Waals surface area contributed by atoms with Gasteiger partial charge in [0.25, 0.3) is 0 Å². The minimum absolute atomic E-state index is 0.0266. The van der Waals surface area contributed by atoms with Crippen LogP contribution >= 0.6 is 0 Å². The van der Waals surface area contributed by atoms with Gasteiger partial charge in [-0.25, -0.2) is 0 Å². The Morgan fingerprint density at radius 3 is 2.00 bits per heavy atom. The number of hydrogen-bond donors (Lipinski definition) is 3. The number of rotatable bonds is 0. The monoisotopic (exact) mass is 184 g/mol. The third-order valence-corrected chi connectivity index (χ3v) is 3.55. The van der Waals surface area contributed by atoms with Gasteiger partial charge in [-0.1, -0.05) is 0 Å². The van der Waals surface area contributed by atoms with Gasteiger partial charge in [0.1, 0.15) is 0 Å². The molecule has 1 saturated heterocycles. The molecule has 1 aliphatic heterocycles. The summed E-state index contributed by atoms with van der Waals surface area (Å²) in [5.74, 6) is 0. The first kappa shape index (κ1) is 6.52. The first-order valence-electron chi connectivity index (χ1n) is 2.37. The van der Waals surface area contributed by atoms with E-state index in [1.165, 1.54) is 0 Å². The number of aliphatic hydroxyl groups is 3. The van der Waals surface area contributed by atoms with Gasteiger partial charge in [0.05, 0.1) is 0 Å². The fourth-order valence-corrected chi connectivity index (χ4v) is 2.62. The van der Waals surface area contributed by atoms with Crippen LogP contribution in [0.1, 0.15) is 0 Å². The third kappa shape index (κ3) is 1.04. The predicted molar refractivity (Wildman–Crippen MR) is 28.6 cm³/mol. The van der Waals surface area contributed by atoms with E-state index in [9.17, 15) is 0 Å². The zero-order valence-corrected chi connectivity index (χ0v) is 5.90. The van der Waals surface area contributed by atoms with Gasteiger partial charge in [0.15, 0.2) is 0 Å². The van der Waals surface area contributed by atoms with Crippen LogP contribution in [-0.2, 0) is 0 Å². The molecule has 0 aromatic heterocycles. The summed E-state index contributed by atoms with van der Waals surface area (Å²) in [6, 6.07) is 0. The molecule has 1 rings (SSSR count). The zero-order chi connectivity index (χ0) is 6.15. The van der Waals surface area contributed by atoms with Crippen LogP contribution in [-0.4, -0.2) is 47.5 Å². The molecule has 3 unspecified atom stereocenters.